The molecule has 3 fully saturated rings. The highest BCUT2D eigenvalue weighted by Crippen LogP contribution is 2.36. The second-order valence-corrected chi connectivity index (χ2v) is 10.1. The quantitative estimate of drug-likeness (QED) is 0.641. The van der Waals surface area contributed by atoms with Gasteiger partial charge >= 0.3 is 0 Å². The number of hydrogen-bond donors (Lipinski definition) is 0. The summed E-state index contributed by atoms with van der Waals surface area (Å²) in [7, 11) is 0. The highest BCUT2D eigenvalue weighted by atomic mass is 32.2. The third kappa shape index (κ3) is 4.53. The molecular weight excluding hydrogens is 422 g/mol. The Morgan fingerprint density at radius 2 is 1.78 bits per heavy atom. The highest BCUT2D eigenvalue weighted by Gasteiger charge is 2.35. The van der Waals surface area contributed by atoms with Crippen LogP contribution in [0.2, 0.25) is 0 Å². The maximum atomic E-state index is 13.2. The number of benzene rings is 1. The molecular formula is C24H33N5O2S. The average molecular weight is 456 g/mol. The summed E-state index contributed by atoms with van der Waals surface area (Å²) < 4.78 is 7.62. The number of nitrogens with zero attached hydrogens (tertiary/aromatic N) is 5. The molecule has 1 aliphatic carbocycles. The molecule has 0 radical (unpaired) electrons. The van der Waals surface area contributed by atoms with Gasteiger partial charge in [0.2, 0.25) is 11.9 Å². The summed E-state index contributed by atoms with van der Waals surface area (Å²) in [6, 6.07) is 8.87. The first-order chi connectivity index (χ1) is 15.7. The van der Waals surface area contributed by atoms with Gasteiger partial charge in [-0.05, 0) is 50.7 Å². The molecule has 3 heterocycles. The smallest absolute Gasteiger partial charge is 0.233 e. The van der Waals surface area contributed by atoms with Crippen molar-refractivity contribution >= 4 is 23.6 Å². The molecule has 2 aliphatic heterocycles. The molecule has 1 saturated carbocycles. The number of aromatic nitrogens is 3. The first-order valence-electron chi connectivity index (χ1n) is 12.0. The molecule has 172 valence electrons. The lowest BCUT2D eigenvalue weighted by molar-refractivity contribution is -0.134. The number of rotatable bonds is 5. The molecule has 2 aromatic rings. The average Bonchev–Trinajstić information content (AvgIpc) is 3.27. The zero-order valence-electron chi connectivity index (χ0n) is 18.9. The van der Waals surface area contributed by atoms with Crippen molar-refractivity contribution in [2.75, 3.05) is 43.5 Å². The van der Waals surface area contributed by atoms with Crippen molar-refractivity contribution in [1.82, 2.24) is 19.7 Å². The monoisotopic (exact) mass is 455 g/mol. The third-order valence-electron chi connectivity index (χ3n) is 7.09. The van der Waals surface area contributed by atoms with Crippen LogP contribution >= 0.6 is 11.8 Å². The van der Waals surface area contributed by atoms with Crippen molar-refractivity contribution < 1.29 is 9.53 Å². The van der Waals surface area contributed by atoms with Crippen molar-refractivity contribution in [3.63, 3.8) is 0 Å². The molecule has 0 N–H and O–H groups in total. The van der Waals surface area contributed by atoms with Gasteiger partial charge in [0.25, 0.3) is 0 Å². The Kier molecular flexibility index (Phi) is 6.69. The predicted molar refractivity (Wildman–Crippen MR) is 127 cm³/mol. The van der Waals surface area contributed by atoms with Gasteiger partial charge in [-0.1, -0.05) is 42.3 Å². The van der Waals surface area contributed by atoms with Gasteiger partial charge in [0, 0.05) is 25.7 Å². The van der Waals surface area contributed by atoms with Crippen LogP contribution < -0.4 is 4.90 Å². The van der Waals surface area contributed by atoms with E-state index < -0.39 is 0 Å². The molecule has 8 heteroatoms. The Morgan fingerprint density at radius 1 is 1.03 bits per heavy atom. The van der Waals surface area contributed by atoms with Crippen LogP contribution in [-0.2, 0) is 9.53 Å². The fourth-order valence-electron chi connectivity index (χ4n) is 5.39. The number of thioether (sulfide) groups is 1. The second kappa shape index (κ2) is 9.83. The SMILES string of the molecule is Cc1ccc(-n2c(SCC(=O)N3CCCC4CCCCC43)nnc2N2CCOCC2)cc1. The summed E-state index contributed by atoms with van der Waals surface area (Å²) in [6.45, 7) is 5.97. The Bertz CT molecular complexity index is 923. The number of fused-ring (bicyclic) bond motifs is 1. The minimum Gasteiger partial charge on any atom is -0.378 e. The molecule has 7 nitrogen and oxygen atoms in total. The zero-order valence-corrected chi connectivity index (χ0v) is 19.7. The first-order valence-corrected chi connectivity index (χ1v) is 13.0. The zero-order chi connectivity index (χ0) is 21.9. The summed E-state index contributed by atoms with van der Waals surface area (Å²) in [5, 5.41) is 9.82. The molecule has 0 bridgehead atoms. The summed E-state index contributed by atoms with van der Waals surface area (Å²) in [5.74, 6) is 2.20. The number of amides is 1. The molecule has 5 rings (SSSR count). The number of hydrogen-bond acceptors (Lipinski definition) is 6. The number of morpholine rings is 1. The largest absolute Gasteiger partial charge is 0.378 e. The van der Waals surface area contributed by atoms with E-state index in [-0.39, 0.29) is 5.91 Å². The van der Waals surface area contributed by atoms with Crippen LogP contribution in [0, 0.1) is 12.8 Å². The molecule has 3 aliphatic rings. The minimum absolute atomic E-state index is 0.248. The number of carbonyl (C=O) groups excluding carboxylic acids is 1. The van der Waals surface area contributed by atoms with Crippen molar-refractivity contribution in [3.05, 3.63) is 29.8 Å². The molecule has 2 unspecified atom stereocenters. The van der Waals surface area contributed by atoms with Crippen LogP contribution in [0.4, 0.5) is 5.95 Å². The summed E-state index contributed by atoms with van der Waals surface area (Å²) >= 11 is 1.51. The number of piperidine rings is 1. The van der Waals surface area contributed by atoms with E-state index in [0.29, 0.717) is 30.9 Å². The van der Waals surface area contributed by atoms with Gasteiger partial charge < -0.3 is 14.5 Å². The van der Waals surface area contributed by atoms with Crippen LogP contribution in [0.25, 0.3) is 5.69 Å². The van der Waals surface area contributed by atoms with E-state index in [4.69, 9.17) is 4.74 Å². The van der Waals surface area contributed by atoms with E-state index in [0.717, 1.165) is 42.8 Å². The minimum atomic E-state index is 0.248. The molecule has 2 atom stereocenters. The third-order valence-corrected chi connectivity index (χ3v) is 8.00. The van der Waals surface area contributed by atoms with Gasteiger partial charge in [-0.15, -0.1) is 10.2 Å². The number of ether oxygens (including phenoxy) is 1. The molecule has 32 heavy (non-hydrogen) atoms. The molecule has 1 aromatic heterocycles. The first kappa shape index (κ1) is 21.8. The Balaban J connectivity index is 1.35. The van der Waals surface area contributed by atoms with Crippen LogP contribution in [0.15, 0.2) is 29.4 Å². The van der Waals surface area contributed by atoms with Gasteiger partial charge in [-0.25, -0.2) is 0 Å². The maximum absolute atomic E-state index is 13.2. The van der Waals surface area contributed by atoms with Crippen molar-refractivity contribution in [1.29, 1.82) is 0 Å². The Hall–Kier alpha value is -2.06. The van der Waals surface area contributed by atoms with E-state index in [2.05, 4.69) is 55.8 Å². The number of anilines is 1. The van der Waals surface area contributed by atoms with Crippen molar-refractivity contribution in [3.8, 4) is 5.69 Å². The van der Waals surface area contributed by atoms with E-state index >= 15 is 0 Å². The maximum Gasteiger partial charge on any atom is 0.233 e. The van der Waals surface area contributed by atoms with Crippen LogP contribution in [0.5, 0.6) is 0 Å². The van der Waals surface area contributed by atoms with E-state index in [1.165, 1.54) is 49.4 Å². The van der Waals surface area contributed by atoms with Gasteiger partial charge in [0.05, 0.1) is 24.7 Å². The van der Waals surface area contributed by atoms with Crippen LogP contribution in [0.1, 0.15) is 44.1 Å². The van der Waals surface area contributed by atoms with Gasteiger partial charge in [0.1, 0.15) is 0 Å². The standard InChI is InChI=1S/C24H33N5O2S/c1-18-8-10-20(11-9-18)29-23(27-13-15-31-16-14-27)25-26-24(29)32-17-22(30)28-12-4-6-19-5-2-3-7-21(19)28/h8-11,19,21H,2-7,12-17H2,1H3. The fourth-order valence-corrected chi connectivity index (χ4v) is 6.22. The lowest BCUT2D eigenvalue weighted by Gasteiger charge is -2.44. The molecule has 1 amide bonds. The van der Waals surface area contributed by atoms with Gasteiger partial charge in [-0.2, -0.15) is 0 Å². The summed E-state index contributed by atoms with van der Waals surface area (Å²) in [6.07, 6.45) is 7.45. The molecule has 1 aromatic carbocycles. The number of aryl methyl sites for hydroxylation is 1. The van der Waals surface area contributed by atoms with Crippen molar-refractivity contribution in [2.45, 2.75) is 56.6 Å². The predicted octanol–water partition coefficient (Wildman–Crippen LogP) is 3.69. The topological polar surface area (TPSA) is 63.5 Å². The Morgan fingerprint density at radius 3 is 2.59 bits per heavy atom. The van der Waals surface area contributed by atoms with Gasteiger partial charge in [-0.3, -0.25) is 9.36 Å². The summed E-state index contributed by atoms with van der Waals surface area (Å²) in [4.78, 5) is 17.6. The Labute approximate surface area is 194 Å². The normalized spacial score (nSPS) is 23.8. The molecule has 2 saturated heterocycles. The second-order valence-electron chi connectivity index (χ2n) is 9.18. The highest BCUT2D eigenvalue weighted by molar-refractivity contribution is 7.99. The fraction of sp³-hybridized carbons (Fsp3) is 0.625. The van der Waals surface area contributed by atoms with E-state index in [9.17, 15) is 4.79 Å². The number of carbonyl (C=O) groups is 1. The lowest BCUT2D eigenvalue weighted by atomic mass is 9.78. The van der Waals surface area contributed by atoms with Crippen molar-refractivity contribution in [2.24, 2.45) is 5.92 Å². The van der Waals surface area contributed by atoms with Crippen LogP contribution in [-0.4, -0.2) is 70.2 Å². The van der Waals surface area contributed by atoms with Gasteiger partial charge in [0.15, 0.2) is 5.16 Å². The summed E-state index contributed by atoms with van der Waals surface area (Å²) in [5.41, 5.74) is 2.24. The van der Waals surface area contributed by atoms with Crippen LogP contribution in [0.3, 0.4) is 0 Å². The number of likely N-dealkylation sites (tertiary alicyclic amines) is 1. The van der Waals surface area contributed by atoms with E-state index in [1.54, 1.807) is 0 Å². The van der Waals surface area contributed by atoms with E-state index in [1.807, 2.05) is 0 Å². The molecule has 0 spiro atoms. The lowest BCUT2D eigenvalue weighted by Crippen LogP contribution is -2.50.